The van der Waals surface area contributed by atoms with E-state index < -0.39 is 0 Å². The first-order valence-corrected chi connectivity index (χ1v) is 3.99. The highest BCUT2D eigenvalue weighted by atomic mass is 127. The molecule has 0 amide bonds. The van der Waals surface area contributed by atoms with Crippen LogP contribution in [0.2, 0.25) is 0 Å². The van der Waals surface area contributed by atoms with E-state index in [4.69, 9.17) is 4.74 Å². The van der Waals surface area contributed by atoms with Gasteiger partial charge in [0.1, 0.15) is 5.75 Å². The summed E-state index contributed by atoms with van der Waals surface area (Å²) in [5.74, 6) is 0.983. The standard InChI is InChI=1S/C7H6INO/c8-9-5-10-7-4-2-1-3-6(7)9/h1-4H,5H2. The minimum atomic E-state index is 0.667. The molecule has 0 aromatic heterocycles. The van der Waals surface area contributed by atoms with Crippen molar-refractivity contribution in [2.45, 2.75) is 0 Å². The molecule has 0 aliphatic carbocycles. The molecule has 1 aliphatic heterocycles. The number of fused-ring (bicyclic) bond motifs is 1. The van der Waals surface area contributed by atoms with Crippen LogP contribution in [-0.4, -0.2) is 6.73 Å². The highest BCUT2D eigenvalue weighted by molar-refractivity contribution is 14.1. The van der Waals surface area contributed by atoms with E-state index in [1.165, 1.54) is 5.69 Å². The van der Waals surface area contributed by atoms with E-state index in [0.717, 1.165) is 5.75 Å². The number of hydrogen-bond acceptors (Lipinski definition) is 2. The first kappa shape index (κ1) is 6.27. The zero-order chi connectivity index (χ0) is 6.97. The predicted octanol–water partition coefficient (Wildman–Crippen LogP) is 2.19. The molecule has 52 valence electrons. The SMILES string of the molecule is IN1COc2ccccc21. The fourth-order valence-electron chi connectivity index (χ4n) is 0.975. The molecule has 0 fully saturated rings. The number of rotatable bonds is 0. The maximum atomic E-state index is 5.33. The molecule has 10 heavy (non-hydrogen) atoms. The van der Waals surface area contributed by atoms with Gasteiger partial charge in [0, 0.05) is 0 Å². The van der Waals surface area contributed by atoms with E-state index in [1.807, 2.05) is 21.3 Å². The third kappa shape index (κ3) is 0.847. The van der Waals surface area contributed by atoms with Gasteiger partial charge in [0.2, 0.25) is 0 Å². The van der Waals surface area contributed by atoms with Gasteiger partial charge < -0.3 is 4.74 Å². The van der Waals surface area contributed by atoms with Gasteiger partial charge in [-0.3, -0.25) is 3.11 Å². The van der Waals surface area contributed by atoms with Crippen LogP contribution in [0.1, 0.15) is 0 Å². The van der Waals surface area contributed by atoms with Crippen molar-refractivity contribution in [3.05, 3.63) is 24.3 Å². The van der Waals surface area contributed by atoms with Gasteiger partial charge in [-0.2, -0.15) is 0 Å². The Hall–Kier alpha value is -0.450. The van der Waals surface area contributed by atoms with Crippen LogP contribution >= 0.6 is 22.9 Å². The zero-order valence-electron chi connectivity index (χ0n) is 5.25. The minimum Gasteiger partial charge on any atom is -0.470 e. The molecule has 0 spiro atoms. The van der Waals surface area contributed by atoms with Crippen molar-refractivity contribution in [2.24, 2.45) is 0 Å². The summed E-state index contributed by atoms with van der Waals surface area (Å²) in [7, 11) is 0. The van der Waals surface area contributed by atoms with Crippen LogP contribution in [0.3, 0.4) is 0 Å². The maximum absolute atomic E-state index is 5.33. The lowest BCUT2D eigenvalue weighted by atomic mass is 10.3. The summed E-state index contributed by atoms with van der Waals surface area (Å²) in [6, 6.07) is 8.02. The Kier molecular flexibility index (Phi) is 1.44. The number of anilines is 1. The van der Waals surface area contributed by atoms with Crippen LogP contribution in [0.25, 0.3) is 0 Å². The van der Waals surface area contributed by atoms with Gasteiger partial charge in [0.15, 0.2) is 6.73 Å². The average Bonchev–Trinajstić information content (AvgIpc) is 2.34. The average molecular weight is 247 g/mol. The van der Waals surface area contributed by atoms with Gasteiger partial charge in [0.25, 0.3) is 0 Å². The topological polar surface area (TPSA) is 12.5 Å². The number of benzene rings is 1. The third-order valence-corrected chi connectivity index (χ3v) is 2.26. The van der Waals surface area contributed by atoms with Crippen LogP contribution in [0, 0.1) is 0 Å². The number of para-hydroxylation sites is 2. The maximum Gasteiger partial charge on any atom is 0.170 e. The largest absolute Gasteiger partial charge is 0.470 e. The van der Waals surface area contributed by atoms with Crippen LogP contribution < -0.4 is 7.85 Å². The van der Waals surface area contributed by atoms with Crippen molar-refractivity contribution in [2.75, 3.05) is 9.84 Å². The van der Waals surface area contributed by atoms with Gasteiger partial charge in [-0.15, -0.1) is 0 Å². The molecule has 0 unspecified atom stereocenters. The Labute approximate surface area is 73.3 Å². The number of ether oxygens (including phenoxy) is 1. The molecular formula is C7H6INO. The lowest BCUT2D eigenvalue weighted by molar-refractivity contribution is 0.366. The summed E-state index contributed by atoms with van der Waals surface area (Å²) in [4.78, 5) is 0. The van der Waals surface area contributed by atoms with E-state index in [9.17, 15) is 0 Å². The third-order valence-electron chi connectivity index (χ3n) is 1.46. The van der Waals surface area contributed by atoms with E-state index in [0.29, 0.717) is 6.73 Å². The number of halogens is 1. The summed E-state index contributed by atoms with van der Waals surface area (Å²) < 4.78 is 7.38. The zero-order valence-corrected chi connectivity index (χ0v) is 7.41. The van der Waals surface area contributed by atoms with Crippen molar-refractivity contribution in [3.8, 4) is 5.75 Å². The minimum absolute atomic E-state index is 0.667. The van der Waals surface area contributed by atoms with Crippen LogP contribution in [0.5, 0.6) is 5.75 Å². The quantitative estimate of drug-likeness (QED) is 0.514. The summed E-state index contributed by atoms with van der Waals surface area (Å²) in [5, 5.41) is 0. The number of hydrogen-bond donors (Lipinski definition) is 0. The first-order valence-electron chi connectivity index (χ1n) is 3.03. The van der Waals surface area contributed by atoms with Crippen molar-refractivity contribution in [1.29, 1.82) is 0 Å². The molecule has 0 saturated heterocycles. The molecule has 0 bridgehead atoms. The highest BCUT2D eigenvalue weighted by Crippen LogP contribution is 2.35. The Balaban J connectivity index is 2.51. The van der Waals surface area contributed by atoms with Crippen molar-refractivity contribution >= 4 is 28.6 Å². The molecule has 0 saturated carbocycles. The van der Waals surface area contributed by atoms with Gasteiger partial charge in [0.05, 0.1) is 28.6 Å². The molecule has 0 N–H and O–H groups in total. The van der Waals surface area contributed by atoms with Crippen molar-refractivity contribution in [1.82, 2.24) is 0 Å². The van der Waals surface area contributed by atoms with Gasteiger partial charge in [-0.25, -0.2) is 0 Å². The second-order valence-corrected chi connectivity index (χ2v) is 3.27. The first-order chi connectivity index (χ1) is 4.88. The highest BCUT2D eigenvalue weighted by Gasteiger charge is 2.15. The predicted molar refractivity (Wildman–Crippen MR) is 48.4 cm³/mol. The van der Waals surface area contributed by atoms with Crippen LogP contribution in [-0.2, 0) is 0 Å². The van der Waals surface area contributed by atoms with Crippen molar-refractivity contribution < 1.29 is 4.74 Å². The fraction of sp³-hybridized carbons (Fsp3) is 0.143. The van der Waals surface area contributed by atoms with Gasteiger partial charge >= 0.3 is 0 Å². The Morgan fingerprint density at radius 2 is 2.20 bits per heavy atom. The summed E-state index contributed by atoms with van der Waals surface area (Å²) in [5.41, 5.74) is 1.17. The lowest BCUT2D eigenvalue weighted by Gasteiger charge is -2.02. The molecule has 0 radical (unpaired) electrons. The van der Waals surface area contributed by atoms with E-state index in [1.54, 1.807) is 0 Å². The summed E-state index contributed by atoms with van der Waals surface area (Å²) >= 11 is 2.23. The Bertz CT molecular complexity index is 251. The summed E-state index contributed by atoms with van der Waals surface area (Å²) in [6.07, 6.45) is 0. The molecule has 0 atom stereocenters. The van der Waals surface area contributed by atoms with Gasteiger partial charge in [-0.1, -0.05) is 12.1 Å². The molecule has 1 heterocycles. The normalized spacial score (nSPS) is 14.7. The Morgan fingerprint density at radius 1 is 1.40 bits per heavy atom. The molecule has 2 rings (SSSR count). The summed E-state index contributed by atoms with van der Waals surface area (Å²) in [6.45, 7) is 0.667. The molecule has 1 aromatic carbocycles. The second-order valence-electron chi connectivity index (χ2n) is 2.10. The monoisotopic (exact) mass is 247 g/mol. The van der Waals surface area contributed by atoms with E-state index in [2.05, 4.69) is 28.9 Å². The van der Waals surface area contributed by atoms with E-state index >= 15 is 0 Å². The number of nitrogens with zero attached hydrogens (tertiary/aromatic N) is 1. The van der Waals surface area contributed by atoms with Crippen LogP contribution in [0.4, 0.5) is 5.69 Å². The molecular weight excluding hydrogens is 241 g/mol. The van der Waals surface area contributed by atoms with Gasteiger partial charge in [-0.05, 0) is 12.1 Å². The smallest absolute Gasteiger partial charge is 0.170 e. The molecule has 1 aliphatic rings. The molecule has 3 heteroatoms. The lowest BCUT2D eigenvalue weighted by Crippen LogP contribution is -2.06. The molecule has 2 nitrogen and oxygen atoms in total. The van der Waals surface area contributed by atoms with E-state index in [-0.39, 0.29) is 0 Å². The second kappa shape index (κ2) is 2.30. The fourth-order valence-corrected chi connectivity index (χ4v) is 1.51. The molecule has 1 aromatic rings. The van der Waals surface area contributed by atoms with Crippen LogP contribution in [0.15, 0.2) is 24.3 Å². The van der Waals surface area contributed by atoms with Crippen molar-refractivity contribution in [3.63, 3.8) is 0 Å². The Morgan fingerprint density at radius 3 is 3.00 bits per heavy atom.